The molecule has 3 N–H and O–H groups in total. The Bertz CT molecular complexity index is 499. The van der Waals surface area contributed by atoms with Gasteiger partial charge in [-0.15, -0.1) is 0 Å². The molecule has 1 fully saturated rings. The highest BCUT2D eigenvalue weighted by Gasteiger charge is 2.29. The number of halogens is 1. The lowest BCUT2D eigenvalue weighted by molar-refractivity contribution is 0.0623. The van der Waals surface area contributed by atoms with Crippen LogP contribution in [0.15, 0.2) is 18.2 Å². The first-order valence-electron chi connectivity index (χ1n) is 7.58. The second-order valence-electron chi connectivity index (χ2n) is 5.73. The molecular weight excluding hydrogens is 288 g/mol. The molecule has 0 aliphatic heterocycles. The number of phenols is 1. The van der Waals surface area contributed by atoms with E-state index in [2.05, 4.69) is 0 Å². The number of rotatable bonds is 4. The van der Waals surface area contributed by atoms with Crippen molar-refractivity contribution in [1.82, 2.24) is 4.90 Å². The molecule has 116 valence electrons. The molecule has 2 rings (SSSR count). The van der Waals surface area contributed by atoms with Gasteiger partial charge < -0.3 is 15.7 Å². The van der Waals surface area contributed by atoms with Crippen molar-refractivity contribution in [1.29, 1.82) is 0 Å². The van der Waals surface area contributed by atoms with Crippen LogP contribution in [0.3, 0.4) is 0 Å². The number of carbonyl (C=O) groups is 1. The molecule has 5 heteroatoms. The van der Waals surface area contributed by atoms with Crippen LogP contribution in [0.2, 0.25) is 5.02 Å². The Balaban J connectivity index is 2.20. The lowest BCUT2D eigenvalue weighted by Crippen LogP contribution is -2.44. The van der Waals surface area contributed by atoms with E-state index in [9.17, 15) is 9.90 Å². The van der Waals surface area contributed by atoms with Crippen LogP contribution in [-0.4, -0.2) is 34.5 Å². The maximum absolute atomic E-state index is 12.8. The van der Waals surface area contributed by atoms with Gasteiger partial charge >= 0.3 is 0 Å². The Kier molecular flexibility index (Phi) is 5.48. The van der Waals surface area contributed by atoms with Gasteiger partial charge in [0.2, 0.25) is 0 Å². The van der Waals surface area contributed by atoms with E-state index < -0.39 is 0 Å². The number of hydrogen-bond donors (Lipinski definition) is 2. The van der Waals surface area contributed by atoms with Gasteiger partial charge in [-0.1, -0.05) is 18.5 Å². The smallest absolute Gasteiger partial charge is 0.257 e. The van der Waals surface area contributed by atoms with Crippen LogP contribution in [0, 0.1) is 0 Å². The molecule has 0 unspecified atom stereocenters. The Morgan fingerprint density at radius 2 is 2.05 bits per heavy atom. The highest BCUT2D eigenvalue weighted by molar-refractivity contribution is 6.31. The van der Waals surface area contributed by atoms with E-state index >= 15 is 0 Å². The lowest BCUT2D eigenvalue weighted by Gasteiger charge is -2.36. The van der Waals surface area contributed by atoms with E-state index in [1.54, 1.807) is 6.07 Å². The number of nitrogens with two attached hydrogens (primary N) is 1. The summed E-state index contributed by atoms with van der Waals surface area (Å²) in [4.78, 5) is 14.6. The Labute approximate surface area is 130 Å². The fourth-order valence-corrected chi connectivity index (χ4v) is 3.11. The highest BCUT2D eigenvalue weighted by Crippen LogP contribution is 2.28. The van der Waals surface area contributed by atoms with Gasteiger partial charge in [0.1, 0.15) is 5.75 Å². The number of phenolic OH excluding ortho intramolecular Hbond substituents is 1. The highest BCUT2D eigenvalue weighted by atomic mass is 35.5. The summed E-state index contributed by atoms with van der Waals surface area (Å²) in [5.41, 5.74) is 6.22. The molecule has 0 saturated heterocycles. The molecule has 0 atom stereocenters. The summed E-state index contributed by atoms with van der Waals surface area (Å²) in [5.74, 6) is -0.157. The van der Waals surface area contributed by atoms with E-state index in [-0.39, 0.29) is 29.3 Å². The first kappa shape index (κ1) is 16.1. The molecule has 0 radical (unpaired) electrons. The van der Waals surface area contributed by atoms with Crippen molar-refractivity contribution < 1.29 is 9.90 Å². The third kappa shape index (κ3) is 3.89. The van der Waals surface area contributed by atoms with Crippen molar-refractivity contribution >= 4 is 17.5 Å². The van der Waals surface area contributed by atoms with Crippen molar-refractivity contribution in [3.8, 4) is 5.75 Å². The van der Waals surface area contributed by atoms with Crippen LogP contribution in [0.1, 0.15) is 49.4 Å². The minimum absolute atomic E-state index is 0.0157. The molecule has 1 amide bonds. The fourth-order valence-electron chi connectivity index (χ4n) is 2.94. The standard InChI is InChI=1S/C16H23ClN2O2/c1-2-9-19(13-6-4-12(18)5-7-13)16(21)14-10-11(17)3-8-15(14)20/h3,8,10,12-13,20H,2,4-7,9,18H2,1H3. The molecule has 1 saturated carbocycles. The summed E-state index contributed by atoms with van der Waals surface area (Å²) in [5, 5.41) is 10.4. The normalized spacial score (nSPS) is 22.0. The van der Waals surface area contributed by atoms with Gasteiger partial charge in [0.15, 0.2) is 0 Å². The molecule has 1 aromatic carbocycles. The van der Waals surface area contributed by atoms with E-state index in [0.717, 1.165) is 32.1 Å². The van der Waals surface area contributed by atoms with Crippen LogP contribution in [0.25, 0.3) is 0 Å². The molecule has 0 bridgehead atoms. The second-order valence-corrected chi connectivity index (χ2v) is 6.17. The molecule has 1 aromatic rings. The number of benzene rings is 1. The van der Waals surface area contributed by atoms with Crippen LogP contribution in [0.4, 0.5) is 0 Å². The predicted octanol–water partition coefficient (Wildman–Crippen LogP) is 3.17. The average molecular weight is 311 g/mol. The van der Waals surface area contributed by atoms with Crippen LogP contribution < -0.4 is 5.73 Å². The molecule has 1 aliphatic rings. The fraction of sp³-hybridized carbons (Fsp3) is 0.562. The summed E-state index contributed by atoms with van der Waals surface area (Å²) in [6, 6.07) is 5.04. The van der Waals surface area contributed by atoms with Crippen LogP contribution in [0.5, 0.6) is 5.75 Å². The molecule has 21 heavy (non-hydrogen) atoms. The van der Waals surface area contributed by atoms with Gasteiger partial charge in [-0.3, -0.25) is 4.79 Å². The first-order valence-corrected chi connectivity index (χ1v) is 7.95. The Morgan fingerprint density at radius 1 is 1.38 bits per heavy atom. The molecule has 1 aliphatic carbocycles. The van der Waals surface area contributed by atoms with Crippen molar-refractivity contribution in [3.05, 3.63) is 28.8 Å². The summed E-state index contributed by atoms with van der Waals surface area (Å²) in [6.45, 7) is 2.73. The largest absolute Gasteiger partial charge is 0.507 e. The third-order valence-electron chi connectivity index (χ3n) is 4.10. The number of nitrogens with zero attached hydrogens (tertiary/aromatic N) is 1. The SMILES string of the molecule is CCCN(C(=O)c1cc(Cl)ccc1O)C1CCC(N)CC1. The van der Waals surface area contributed by atoms with Crippen LogP contribution in [-0.2, 0) is 0 Å². The minimum atomic E-state index is -0.141. The number of carbonyl (C=O) groups excluding carboxylic acids is 1. The maximum Gasteiger partial charge on any atom is 0.257 e. The van der Waals surface area contributed by atoms with Gasteiger partial charge in [-0.05, 0) is 50.3 Å². The topological polar surface area (TPSA) is 66.6 Å². The lowest BCUT2D eigenvalue weighted by atomic mass is 9.90. The molecular formula is C16H23ClN2O2. The van der Waals surface area contributed by atoms with Gasteiger partial charge in [-0.2, -0.15) is 0 Å². The number of amides is 1. The summed E-state index contributed by atoms with van der Waals surface area (Å²) < 4.78 is 0. The summed E-state index contributed by atoms with van der Waals surface area (Å²) in [7, 11) is 0. The predicted molar refractivity (Wildman–Crippen MR) is 84.7 cm³/mol. The maximum atomic E-state index is 12.8. The van der Waals surface area contributed by atoms with Gasteiger partial charge in [0.05, 0.1) is 5.56 Å². The van der Waals surface area contributed by atoms with Gasteiger partial charge in [0, 0.05) is 23.7 Å². The average Bonchev–Trinajstić information content (AvgIpc) is 2.48. The van der Waals surface area contributed by atoms with Gasteiger partial charge in [-0.25, -0.2) is 0 Å². The second kappa shape index (κ2) is 7.14. The zero-order valence-electron chi connectivity index (χ0n) is 12.4. The third-order valence-corrected chi connectivity index (χ3v) is 4.33. The van der Waals surface area contributed by atoms with Crippen molar-refractivity contribution in [2.45, 2.75) is 51.1 Å². The van der Waals surface area contributed by atoms with Gasteiger partial charge in [0.25, 0.3) is 5.91 Å². The zero-order valence-corrected chi connectivity index (χ0v) is 13.1. The van der Waals surface area contributed by atoms with Crippen molar-refractivity contribution in [2.24, 2.45) is 5.73 Å². The molecule has 0 heterocycles. The Hall–Kier alpha value is -1.26. The monoisotopic (exact) mass is 310 g/mol. The van der Waals surface area contributed by atoms with E-state index in [0.29, 0.717) is 11.6 Å². The molecule has 4 nitrogen and oxygen atoms in total. The molecule has 0 spiro atoms. The quantitative estimate of drug-likeness (QED) is 0.897. The number of hydrogen-bond acceptors (Lipinski definition) is 3. The first-order chi connectivity index (χ1) is 10.0. The summed E-state index contributed by atoms with van der Waals surface area (Å²) in [6.07, 6.45) is 4.62. The van der Waals surface area contributed by atoms with E-state index in [4.69, 9.17) is 17.3 Å². The zero-order chi connectivity index (χ0) is 15.4. The number of aromatic hydroxyl groups is 1. The Morgan fingerprint density at radius 3 is 2.67 bits per heavy atom. The van der Waals surface area contributed by atoms with E-state index in [1.165, 1.54) is 12.1 Å². The van der Waals surface area contributed by atoms with Crippen molar-refractivity contribution in [2.75, 3.05) is 6.54 Å². The minimum Gasteiger partial charge on any atom is -0.507 e. The van der Waals surface area contributed by atoms with Crippen molar-refractivity contribution in [3.63, 3.8) is 0 Å². The molecule has 0 aromatic heterocycles. The summed E-state index contributed by atoms with van der Waals surface area (Å²) >= 11 is 5.95. The van der Waals surface area contributed by atoms with E-state index in [1.807, 2.05) is 11.8 Å². The van der Waals surface area contributed by atoms with Crippen LogP contribution >= 0.6 is 11.6 Å².